The van der Waals surface area contributed by atoms with Gasteiger partial charge in [-0.15, -0.1) is 0 Å². The van der Waals surface area contributed by atoms with Crippen molar-refractivity contribution in [1.29, 1.82) is 0 Å². The van der Waals surface area contributed by atoms with Gasteiger partial charge >= 0.3 is 6.03 Å². The SMILES string of the molecule is CC(=O)c1ccn(C(=O)N2CCN(Cc3cccc(Oc4ccc(F)cn4)c3)C[C@@H]2C)n1. The molecule has 3 aromatic rings. The van der Waals surface area contributed by atoms with Gasteiger partial charge in [0.1, 0.15) is 17.3 Å². The average molecular weight is 437 g/mol. The van der Waals surface area contributed by atoms with Crippen LogP contribution in [-0.4, -0.2) is 62.1 Å². The van der Waals surface area contributed by atoms with Gasteiger partial charge in [0.05, 0.1) is 6.20 Å². The number of hydrogen-bond acceptors (Lipinski definition) is 6. The summed E-state index contributed by atoms with van der Waals surface area (Å²) in [6.07, 6.45) is 2.64. The monoisotopic (exact) mass is 437 g/mol. The number of rotatable bonds is 5. The number of hydrogen-bond donors (Lipinski definition) is 0. The van der Waals surface area contributed by atoms with E-state index in [0.717, 1.165) is 11.8 Å². The molecule has 0 N–H and O–H groups in total. The highest BCUT2D eigenvalue weighted by Gasteiger charge is 2.29. The number of nitrogens with zero attached hydrogens (tertiary/aromatic N) is 5. The predicted octanol–water partition coefficient (Wildman–Crippen LogP) is 3.59. The molecule has 9 heteroatoms. The van der Waals surface area contributed by atoms with Crippen LogP contribution in [-0.2, 0) is 6.54 Å². The van der Waals surface area contributed by atoms with Crippen LogP contribution in [0.5, 0.6) is 11.6 Å². The summed E-state index contributed by atoms with van der Waals surface area (Å²) in [7, 11) is 0. The van der Waals surface area contributed by atoms with Gasteiger partial charge in [-0.1, -0.05) is 12.1 Å². The van der Waals surface area contributed by atoms with Crippen LogP contribution in [0.2, 0.25) is 0 Å². The van der Waals surface area contributed by atoms with Crippen molar-refractivity contribution in [2.24, 2.45) is 0 Å². The second-order valence-electron chi connectivity index (χ2n) is 7.83. The molecule has 1 aliphatic rings. The van der Waals surface area contributed by atoms with E-state index in [-0.39, 0.29) is 23.6 Å². The van der Waals surface area contributed by atoms with Crippen LogP contribution < -0.4 is 4.74 Å². The number of ether oxygens (including phenoxy) is 1. The van der Waals surface area contributed by atoms with E-state index in [0.29, 0.717) is 37.8 Å². The van der Waals surface area contributed by atoms with Crippen molar-refractivity contribution < 1.29 is 18.7 Å². The van der Waals surface area contributed by atoms with E-state index in [1.54, 1.807) is 11.0 Å². The Morgan fingerprint density at radius 1 is 1.19 bits per heavy atom. The molecule has 1 aliphatic heterocycles. The smallest absolute Gasteiger partial charge is 0.344 e. The zero-order valence-corrected chi connectivity index (χ0v) is 17.9. The van der Waals surface area contributed by atoms with Crippen LogP contribution in [0.25, 0.3) is 0 Å². The van der Waals surface area contributed by atoms with Gasteiger partial charge in [0.25, 0.3) is 0 Å². The van der Waals surface area contributed by atoms with Crippen LogP contribution in [0.15, 0.2) is 54.9 Å². The van der Waals surface area contributed by atoms with Gasteiger partial charge in [-0.05, 0) is 36.8 Å². The lowest BCUT2D eigenvalue weighted by molar-refractivity contribution is 0.0964. The maximum atomic E-state index is 13.0. The molecule has 0 unspecified atom stereocenters. The van der Waals surface area contributed by atoms with Crippen LogP contribution in [0.3, 0.4) is 0 Å². The molecule has 1 aromatic carbocycles. The van der Waals surface area contributed by atoms with E-state index in [1.165, 1.54) is 29.9 Å². The van der Waals surface area contributed by atoms with Crippen molar-refractivity contribution in [2.75, 3.05) is 19.6 Å². The van der Waals surface area contributed by atoms with Crippen LogP contribution >= 0.6 is 0 Å². The van der Waals surface area contributed by atoms with Gasteiger partial charge in [0.15, 0.2) is 5.78 Å². The fourth-order valence-corrected chi connectivity index (χ4v) is 3.72. The standard InChI is InChI=1S/C23H24FN5O3/c1-16-14-27(10-11-28(16)23(31)29-9-8-21(26-29)17(2)30)15-18-4-3-5-20(12-18)32-22-7-6-19(24)13-25-22/h3-9,12-13,16H,10-11,14-15H2,1-2H3/t16-/m0/s1. The Balaban J connectivity index is 1.36. The molecule has 32 heavy (non-hydrogen) atoms. The molecule has 3 heterocycles. The number of carbonyl (C=O) groups excluding carboxylic acids is 2. The molecule has 8 nitrogen and oxygen atoms in total. The molecule has 4 rings (SSSR count). The first-order chi connectivity index (χ1) is 15.4. The fraction of sp³-hybridized carbons (Fsp3) is 0.304. The Hall–Kier alpha value is -3.59. The summed E-state index contributed by atoms with van der Waals surface area (Å²) in [5.41, 5.74) is 1.34. The fourth-order valence-electron chi connectivity index (χ4n) is 3.72. The lowest BCUT2D eigenvalue weighted by atomic mass is 10.1. The molecule has 0 spiro atoms. The number of Topliss-reactive ketones (excluding diaryl/α,β-unsaturated/α-hetero) is 1. The summed E-state index contributed by atoms with van der Waals surface area (Å²) >= 11 is 0. The second kappa shape index (κ2) is 9.27. The summed E-state index contributed by atoms with van der Waals surface area (Å²) in [5.74, 6) is 0.375. The summed E-state index contributed by atoms with van der Waals surface area (Å²) in [5, 5.41) is 4.08. The van der Waals surface area contributed by atoms with Crippen molar-refractivity contribution in [1.82, 2.24) is 24.6 Å². The Bertz CT molecular complexity index is 1110. The van der Waals surface area contributed by atoms with Gasteiger partial charge in [0, 0.05) is 51.4 Å². The van der Waals surface area contributed by atoms with E-state index in [9.17, 15) is 14.0 Å². The quantitative estimate of drug-likeness (QED) is 0.568. The molecule has 1 atom stereocenters. The van der Waals surface area contributed by atoms with E-state index in [2.05, 4.69) is 15.0 Å². The van der Waals surface area contributed by atoms with Crippen molar-refractivity contribution >= 4 is 11.8 Å². The number of halogens is 1. The number of ketones is 1. The van der Waals surface area contributed by atoms with Gasteiger partial charge in [-0.3, -0.25) is 9.69 Å². The topological polar surface area (TPSA) is 80.6 Å². The van der Waals surface area contributed by atoms with Gasteiger partial charge in [-0.2, -0.15) is 9.78 Å². The average Bonchev–Trinajstić information content (AvgIpc) is 3.26. The predicted molar refractivity (Wildman–Crippen MR) is 115 cm³/mol. The highest BCUT2D eigenvalue weighted by Crippen LogP contribution is 2.22. The molecule has 0 bridgehead atoms. The number of piperazine rings is 1. The van der Waals surface area contributed by atoms with Crippen LogP contribution in [0.1, 0.15) is 29.9 Å². The first-order valence-corrected chi connectivity index (χ1v) is 10.4. The first kappa shape index (κ1) is 21.6. The van der Waals surface area contributed by atoms with Crippen molar-refractivity contribution in [3.05, 3.63) is 71.9 Å². The third kappa shape index (κ3) is 5.00. The first-order valence-electron chi connectivity index (χ1n) is 10.4. The number of amides is 1. The Morgan fingerprint density at radius 2 is 2.03 bits per heavy atom. The highest BCUT2D eigenvalue weighted by atomic mass is 19.1. The van der Waals surface area contributed by atoms with Crippen molar-refractivity contribution in [3.63, 3.8) is 0 Å². The number of benzene rings is 1. The number of pyridine rings is 1. The molecule has 166 valence electrons. The minimum Gasteiger partial charge on any atom is -0.439 e. The summed E-state index contributed by atoms with van der Waals surface area (Å²) < 4.78 is 20.0. The Labute approximate surface area is 185 Å². The molecular weight excluding hydrogens is 413 g/mol. The minimum atomic E-state index is -0.412. The number of aromatic nitrogens is 3. The third-order valence-corrected chi connectivity index (χ3v) is 5.33. The van der Waals surface area contributed by atoms with Gasteiger partial charge in [0.2, 0.25) is 5.88 Å². The molecule has 1 fully saturated rings. The Morgan fingerprint density at radius 3 is 2.72 bits per heavy atom. The number of carbonyl (C=O) groups is 2. The highest BCUT2D eigenvalue weighted by molar-refractivity contribution is 5.92. The minimum absolute atomic E-state index is 0.0101. The maximum Gasteiger partial charge on any atom is 0.344 e. The third-order valence-electron chi connectivity index (χ3n) is 5.33. The molecular formula is C23H24FN5O3. The summed E-state index contributed by atoms with van der Waals surface area (Å²) in [6, 6.07) is 11.8. The second-order valence-corrected chi connectivity index (χ2v) is 7.83. The Kier molecular flexibility index (Phi) is 6.27. The normalized spacial score (nSPS) is 16.7. The molecule has 0 aliphatic carbocycles. The maximum absolute atomic E-state index is 13.0. The molecule has 1 saturated heterocycles. The van der Waals surface area contributed by atoms with Crippen molar-refractivity contribution in [3.8, 4) is 11.6 Å². The zero-order valence-electron chi connectivity index (χ0n) is 17.9. The largest absolute Gasteiger partial charge is 0.439 e. The van der Waals surface area contributed by atoms with E-state index >= 15 is 0 Å². The molecule has 0 saturated carbocycles. The van der Waals surface area contributed by atoms with E-state index < -0.39 is 5.82 Å². The lowest BCUT2D eigenvalue weighted by Gasteiger charge is -2.39. The summed E-state index contributed by atoms with van der Waals surface area (Å²) in [4.78, 5) is 32.2. The van der Waals surface area contributed by atoms with Crippen LogP contribution in [0, 0.1) is 5.82 Å². The molecule has 1 amide bonds. The summed E-state index contributed by atoms with van der Waals surface area (Å²) in [6.45, 7) is 6.11. The van der Waals surface area contributed by atoms with Crippen LogP contribution in [0.4, 0.5) is 9.18 Å². The van der Waals surface area contributed by atoms with E-state index in [4.69, 9.17) is 4.74 Å². The van der Waals surface area contributed by atoms with Crippen molar-refractivity contribution in [2.45, 2.75) is 26.4 Å². The zero-order chi connectivity index (χ0) is 22.7. The molecule has 0 radical (unpaired) electrons. The molecule has 2 aromatic heterocycles. The van der Waals surface area contributed by atoms with E-state index in [1.807, 2.05) is 31.2 Å². The van der Waals surface area contributed by atoms with Gasteiger partial charge < -0.3 is 9.64 Å². The van der Waals surface area contributed by atoms with Gasteiger partial charge in [-0.25, -0.2) is 14.2 Å². The lowest BCUT2D eigenvalue weighted by Crippen LogP contribution is -2.54.